The Morgan fingerprint density at radius 3 is 2.58 bits per heavy atom. The predicted octanol–water partition coefficient (Wildman–Crippen LogP) is 3.60. The van der Waals surface area contributed by atoms with Gasteiger partial charge in [0.25, 0.3) is 0 Å². The zero-order valence-electron chi connectivity index (χ0n) is 11.7. The monoisotopic (exact) mass is 256 g/mol. The molecule has 3 heteroatoms. The van der Waals surface area contributed by atoms with E-state index in [0.717, 1.165) is 30.3 Å². The minimum Gasteiger partial charge on any atom is -0.457 e. The number of benzene rings is 1. The van der Waals surface area contributed by atoms with Crippen LogP contribution in [0.3, 0.4) is 0 Å². The summed E-state index contributed by atoms with van der Waals surface area (Å²) in [6.45, 7) is 7.96. The van der Waals surface area contributed by atoms with E-state index < -0.39 is 0 Å². The standard InChI is InChI=1S/C16H20N2O/c1-4-17-11-14-10-16(7-8-18-14)19-15-6-5-12(2)13(3)9-15/h5-10,17H,4,11H2,1-3H3. The average Bonchev–Trinajstić information content (AvgIpc) is 2.41. The quantitative estimate of drug-likeness (QED) is 0.887. The lowest BCUT2D eigenvalue weighted by atomic mass is 10.1. The molecule has 0 bridgehead atoms. The summed E-state index contributed by atoms with van der Waals surface area (Å²) in [5.41, 5.74) is 3.50. The van der Waals surface area contributed by atoms with Crippen molar-refractivity contribution in [3.05, 3.63) is 53.3 Å². The van der Waals surface area contributed by atoms with E-state index in [-0.39, 0.29) is 0 Å². The van der Waals surface area contributed by atoms with E-state index in [9.17, 15) is 0 Å². The highest BCUT2D eigenvalue weighted by atomic mass is 16.5. The van der Waals surface area contributed by atoms with E-state index in [1.54, 1.807) is 6.20 Å². The Hall–Kier alpha value is -1.87. The van der Waals surface area contributed by atoms with Crippen LogP contribution in [0, 0.1) is 13.8 Å². The fraction of sp³-hybridized carbons (Fsp3) is 0.312. The molecular formula is C16H20N2O. The van der Waals surface area contributed by atoms with Gasteiger partial charge in [0.15, 0.2) is 0 Å². The Labute approximate surface area is 114 Å². The lowest BCUT2D eigenvalue weighted by Gasteiger charge is -2.09. The molecule has 0 fully saturated rings. The normalized spacial score (nSPS) is 10.5. The number of aryl methyl sites for hydroxylation is 2. The summed E-state index contributed by atoms with van der Waals surface area (Å²) in [4.78, 5) is 4.31. The molecule has 0 unspecified atom stereocenters. The van der Waals surface area contributed by atoms with E-state index in [1.165, 1.54) is 11.1 Å². The topological polar surface area (TPSA) is 34.1 Å². The van der Waals surface area contributed by atoms with Gasteiger partial charge in [-0.1, -0.05) is 13.0 Å². The average molecular weight is 256 g/mol. The third-order valence-electron chi connectivity index (χ3n) is 3.06. The van der Waals surface area contributed by atoms with Gasteiger partial charge in [0, 0.05) is 18.8 Å². The molecule has 0 spiro atoms. The predicted molar refractivity (Wildman–Crippen MR) is 77.6 cm³/mol. The van der Waals surface area contributed by atoms with Crippen LogP contribution in [0.5, 0.6) is 11.5 Å². The maximum Gasteiger partial charge on any atom is 0.130 e. The summed E-state index contributed by atoms with van der Waals surface area (Å²) in [5, 5.41) is 3.25. The molecule has 19 heavy (non-hydrogen) atoms. The minimum absolute atomic E-state index is 0.765. The SMILES string of the molecule is CCNCc1cc(Oc2ccc(C)c(C)c2)ccn1. The minimum atomic E-state index is 0.765. The van der Waals surface area contributed by atoms with Gasteiger partial charge < -0.3 is 10.1 Å². The number of hydrogen-bond acceptors (Lipinski definition) is 3. The number of nitrogens with zero attached hydrogens (tertiary/aromatic N) is 1. The molecule has 1 aromatic heterocycles. The molecule has 0 aliphatic carbocycles. The van der Waals surface area contributed by atoms with Crippen molar-refractivity contribution < 1.29 is 4.74 Å². The Kier molecular flexibility index (Phi) is 4.53. The number of ether oxygens (including phenoxy) is 1. The van der Waals surface area contributed by atoms with Crippen LogP contribution in [-0.2, 0) is 6.54 Å². The molecule has 0 radical (unpaired) electrons. The second-order valence-corrected chi connectivity index (χ2v) is 4.61. The smallest absolute Gasteiger partial charge is 0.130 e. The lowest BCUT2D eigenvalue weighted by molar-refractivity contribution is 0.480. The molecule has 0 amide bonds. The van der Waals surface area contributed by atoms with Gasteiger partial charge in [-0.25, -0.2) is 0 Å². The summed E-state index contributed by atoms with van der Waals surface area (Å²) >= 11 is 0. The molecule has 100 valence electrons. The summed E-state index contributed by atoms with van der Waals surface area (Å²) in [6, 6.07) is 9.97. The van der Waals surface area contributed by atoms with Gasteiger partial charge in [0.2, 0.25) is 0 Å². The van der Waals surface area contributed by atoms with E-state index in [4.69, 9.17) is 4.74 Å². The van der Waals surface area contributed by atoms with Crippen LogP contribution in [0.1, 0.15) is 23.7 Å². The molecule has 1 heterocycles. The molecule has 2 aromatic rings. The fourth-order valence-corrected chi connectivity index (χ4v) is 1.78. The van der Waals surface area contributed by atoms with E-state index >= 15 is 0 Å². The summed E-state index contributed by atoms with van der Waals surface area (Å²) in [5.74, 6) is 1.69. The third-order valence-corrected chi connectivity index (χ3v) is 3.06. The number of rotatable bonds is 5. The lowest BCUT2D eigenvalue weighted by Crippen LogP contribution is -2.12. The van der Waals surface area contributed by atoms with Crippen LogP contribution in [0.15, 0.2) is 36.5 Å². The van der Waals surface area contributed by atoms with Crippen molar-refractivity contribution in [3.8, 4) is 11.5 Å². The molecule has 1 N–H and O–H groups in total. The maximum atomic E-state index is 5.87. The zero-order chi connectivity index (χ0) is 13.7. The van der Waals surface area contributed by atoms with Gasteiger partial charge in [-0.2, -0.15) is 0 Å². The van der Waals surface area contributed by atoms with Crippen LogP contribution in [-0.4, -0.2) is 11.5 Å². The van der Waals surface area contributed by atoms with Crippen molar-refractivity contribution in [1.82, 2.24) is 10.3 Å². The van der Waals surface area contributed by atoms with Crippen LogP contribution in [0.2, 0.25) is 0 Å². The van der Waals surface area contributed by atoms with Crippen molar-refractivity contribution in [1.29, 1.82) is 0 Å². The van der Waals surface area contributed by atoms with Gasteiger partial charge in [0.1, 0.15) is 11.5 Å². The van der Waals surface area contributed by atoms with Gasteiger partial charge in [-0.3, -0.25) is 4.98 Å². The molecule has 3 nitrogen and oxygen atoms in total. The van der Waals surface area contributed by atoms with Gasteiger partial charge >= 0.3 is 0 Å². The van der Waals surface area contributed by atoms with Crippen LogP contribution in [0.25, 0.3) is 0 Å². The first-order valence-corrected chi connectivity index (χ1v) is 6.60. The molecule has 0 atom stereocenters. The van der Waals surface area contributed by atoms with E-state index in [1.807, 2.05) is 18.2 Å². The van der Waals surface area contributed by atoms with Crippen molar-refractivity contribution in [3.63, 3.8) is 0 Å². The molecule has 2 rings (SSSR count). The largest absolute Gasteiger partial charge is 0.457 e. The third kappa shape index (κ3) is 3.80. The summed E-state index contributed by atoms with van der Waals surface area (Å²) in [7, 11) is 0. The highest BCUT2D eigenvalue weighted by molar-refractivity contribution is 5.37. The molecule has 1 aromatic carbocycles. The zero-order valence-corrected chi connectivity index (χ0v) is 11.7. The number of hydrogen-bond donors (Lipinski definition) is 1. The first kappa shape index (κ1) is 13.6. The highest BCUT2D eigenvalue weighted by Gasteiger charge is 2.01. The Bertz CT molecular complexity index is 552. The molecule has 0 aliphatic heterocycles. The van der Waals surface area contributed by atoms with Crippen LogP contribution < -0.4 is 10.1 Å². The first-order chi connectivity index (χ1) is 9.19. The number of aromatic nitrogens is 1. The molecule has 0 aliphatic rings. The molecular weight excluding hydrogens is 236 g/mol. The molecule has 0 saturated heterocycles. The number of nitrogens with one attached hydrogen (secondary N) is 1. The first-order valence-electron chi connectivity index (χ1n) is 6.60. The second-order valence-electron chi connectivity index (χ2n) is 4.61. The van der Waals surface area contributed by atoms with E-state index in [2.05, 4.69) is 43.2 Å². The highest BCUT2D eigenvalue weighted by Crippen LogP contribution is 2.23. The van der Waals surface area contributed by atoms with Crippen molar-refractivity contribution >= 4 is 0 Å². The molecule has 0 saturated carbocycles. The summed E-state index contributed by atoms with van der Waals surface area (Å²) < 4.78 is 5.87. The Morgan fingerprint density at radius 2 is 1.84 bits per heavy atom. The van der Waals surface area contributed by atoms with Crippen molar-refractivity contribution in [2.75, 3.05) is 6.54 Å². The van der Waals surface area contributed by atoms with Gasteiger partial charge in [-0.05, 0) is 49.7 Å². The van der Waals surface area contributed by atoms with Crippen LogP contribution in [0.4, 0.5) is 0 Å². The van der Waals surface area contributed by atoms with Gasteiger partial charge in [0.05, 0.1) is 5.69 Å². The van der Waals surface area contributed by atoms with Crippen LogP contribution >= 0.6 is 0 Å². The Balaban J connectivity index is 2.11. The second kappa shape index (κ2) is 6.34. The van der Waals surface area contributed by atoms with E-state index in [0.29, 0.717) is 0 Å². The Morgan fingerprint density at radius 1 is 1.05 bits per heavy atom. The number of pyridine rings is 1. The van der Waals surface area contributed by atoms with Crippen molar-refractivity contribution in [2.24, 2.45) is 0 Å². The summed E-state index contributed by atoms with van der Waals surface area (Å²) in [6.07, 6.45) is 1.78. The van der Waals surface area contributed by atoms with Crippen molar-refractivity contribution in [2.45, 2.75) is 27.3 Å². The fourth-order valence-electron chi connectivity index (χ4n) is 1.78. The maximum absolute atomic E-state index is 5.87. The van der Waals surface area contributed by atoms with Gasteiger partial charge in [-0.15, -0.1) is 0 Å².